The number of nitrogens with one attached hydrogen (secondary N) is 1. The first-order valence-electron chi connectivity index (χ1n) is 7.01. The Hall–Kier alpha value is -1.11. The second kappa shape index (κ2) is 5.02. The average Bonchev–Trinajstić information content (AvgIpc) is 2.48. The lowest BCUT2D eigenvalue weighted by atomic mass is 9.96. The van der Waals surface area contributed by atoms with Crippen molar-refractivity contribution in [2.75, 3.05) is 32.1 Å². The van der Waals surface area contributed by atoms with Gasteiger partial charge in [0.2, 0.25) is 10.0 Å². The number of benzene rings is 1. The maximum Gasteiger partial charge on any atom is 0.243 e. The van der Waals surface area contributed by atoms with Crippen LogP contribution >= 0.6 is 0 Å². The van der Waals surface area contributed by atoms with E-state index in [0.29, 0.717) is 17.5 Å². The fourth-order valence-electron chi connectivity index (χ4n) is 3.02. The average molecular weight is 295 g/mol. The molecule has 1 N–H and O–H groups in total. The Kier molecular flexibility index (Phi) is 3.48. The molecule has 4 rings (SSSR count). The highest BCUT2D eigenvalue weighted by Crippen LogP contribution is 2.29. The van der Waals surface area contributed by atoms with E-state index in [1.807, 2.05) is 31.1 Å². The van der Waals surface area contributed by atoms with Crippen molar-refractivity contribution in [2.24, 2.45) is 0 Å². The first-order valence-corrected chi connectivity index (χ1v) is 8.45. The predicted octanol–water partition coefficient (Wildman–Crippen LogP) is 0.877. The van der Waals surface area contributed by atoms with Gasteiger partial charge in [-0.2, -0.15) is 4.31 Å². The molecular formula is C14H21N3O2S. The van der Waals surface area contributed by atoms with Crippen LogP contribution in [0.1, 0.15) is 12.8 Å². The maximum absolute atomic E-state index is 12.8. The summed E-state index contributed by atoms with van der Waals surface area (Å²) >= 11 is 0. The summed E-state index contributed by atoms with van der Waals surface area (Å²) in [7, 11) is 0.448. The fourth-order valence-corrected chi connectivity index (χ4v) is 4.76. The summed E-state index contributed by atoms with van der Waals surface area (Å²) in [6.45, 7) is 1.37. The molecule has 110 valence electrons. The molecule has 3 saturated heterocycles. The molecule has 6 heteroatoms. The maximum atomic E-state index is 12.8. The van der Waals surface area contributed by atoms with E-state index in [2.05, 4.69) is 5.32 Å². The van der Waals surface area contributed by atoms with Gasteiger partial charge in [0.05, 0.1) is 4.90 Å². The first-order chi connectivity index (χ1) is 9.48. The third-order valence-corrected chi connectivity index (χ3v) is 6.15. The SMILES string of the molecule is CN(C)c1cccc(S(=O)(=O)N2CC3CCC2CN3)c1. The van der Waals surface area contributed by atoms with Crippen molar-refractivity contribution in [3.63, 3.8) is 0 Å². The van der Waals surface area contributed by atoms with Crippen LogP contribution in [0.3, 0.4) is 0 Å². The largest absolute Gasteiger partial charge is 0.378 e. The lowest BCUT2D eigenvalue weighted by Crippen LogP contribution is -2.62. The third-order valence-electron chi connectivity index (χ3n) is 4.24. The van der Waals surface area contributed by atoms with Crippen molar-refractivity contribution in [3.8, 4) is 0 Å². The van der Waals surface area contributed by atoms with Gasteiger partial charge in [-0.25, -0.2) is 8.42 Å². The number of sulfonamides is 1. The van der Waals surface area contributed by atoms with Gasteiger partial charge in [-0.1, -0.05) is 6.07 Å². The van der Waals surface area contributed by atoms with Gasteiger partial charge in [0.1, 0.15) is 0 Å². The second-order valence-electron chi connectivity index (χ2n) is 5.80. The van der Waals surface area contributed by atoms with Crippen LogP contribution in [-0.4, -0.2) is 52.0 Å². The van der Waals surface area contributed by atoms with Crippen molar-refractivity contribution in [1.82, 2.24) is 9.62 Å². The number of hydrogen-bond acceptors (Lipinski definition) is 4. The number of fused-ring (bicyclic) bond motifs is 3. The van der Waals surface area contributed by atoms with Crippen molar-refractivity contribution in [3.05, 3.63) is 24.3 Å². The molecule has 2 atom stereocenters. The molecule has 0 amide bonds. The highest BCUT2D eigenvalue weighted by molar-refractivity contribution is 7.89. The number of hydrogen-bond donors (Lipinski definition) is 1. The van der Waals surface area contributed by atoms with Gasteiger partial charge in [-0.3, -0.25) is 0 Å². The zero-order chi connectivity index (χ0) is 14.3. The number of anilines is 1. The number of piperazine rings is 1. The van der Waals surface area contributed by atoms with Crippen LogP contribution in [-0.2, 0) is 10.0 Å². The van der Waals surface area contributed by atoms with E-state index in [9.17, 15) is 8.42 Å². The third kappa shape index (κ3) is 2.32. The van der Waals surface area contributed by atoms with Crippen LogP contribution in [0.15, 0.2) is 29.2 Å². The van der Waals surface area contributed by atoms with Crippen molar-refractivity contribution < 1.29 is 8.42 Å². The smallest absolute Gasteiger partial charge is 0.243 e. The summed E-state index contributed by atoms with van der Waals surface area (Å²) in [4.78, 5) is 2.32. The van der Waals surface area contributed by atoms with E-state index in [1.165, 1.54) is 0 Å². The Bertz CT molecular complexity index is 592. The van der Waals surface area contributed by atoms with Gasteiger partial charge in [-0.05, 0) is 31.0 Å². The highest BCUT2D eigenvalue weighted by Gasteiger charge is 2.40. The Morgan fingerprint density at radius 3 is 2.65 bits per heavy atom. The summed E-state index contributed by atoms with van der Waals surface area (Å²) in [5.74, 6) is 0. The zero-order valence-corrected chi connectivity index (χ0v) is 12.7. The molecule has 3 fully saturated rings. The van der Waals surface area contributed by atoms with Gasteiger partial charge in [-0.15, -0.1) is 0 Å². The lowest BCUT2D eigenvalue weighted by Gasteiger charge is -2.44. The molecule has 0 aliphatic carbocycles. The Labute approximate surface area is 120 Å². The topological polar surface area (TPSA) is 52.7 Å². The molecule has 5 nitrogen and oxygen atoms in total. The Balaban J connectivity index is 1.94. The molecule has 3 heterocycles. The van der Waals surface area contributed by atoms with Crippen LogP contribution in [0.2, 0.25) is 0 Å². The molecule has 0 aromatic heterocycles. The molecule has 3 aliphatic heterocycles. The van der Waals surface area contributed by atoms with Gasteiger partial charge < -0.3 is 10.2 Å². The minimum absolute atomic E-state index is 0.105. The normalized spacial score (nSPS) is 26.7. The lowest BCUT2D eigenvalue weighted by molar-refractivity contribution is 0.152. The summed E-state index contributed by atoms with van der Waals surface area (Å²) in [6.07, 6.45) is 2.04. The second-order valence-corrected chi connectivity index (χ2v) is 7.69. The quantitative estimate of drug-likeness (QED) is 0.899. The molecule has 3 aliphatic rings. The van der Waals surface area contributed by atoms with Crippen molar-refractivity contribution in [1.29, 1.82) is 0 Å². The van der Waals surface area contributed by atoms with Gasteiger partial charge in [0.25, 0.3) is 0 Å². The van der Waals surface area contributed by atoms with Crippen LogP contribution in [0.5, 0.6) is 0 Å². The Morgan fingerprint density at radius 2 is 2.10 bits per heavy atom. The van der Waals surface area contributed by atoms with E-state index in [4.69, 9.17) is 0 Å². The van der Waals surface area contributed by atoms with Gasteiger partial charge >= 0.3 is 0 Å². The number of nitrogens with zero attached hydrogens (tertiary/aromatic N) is 2. The van der Waals surface area contributed by atoms with E-state index in [0.717, 1.165) is 25.1 Å². The molecule has 20 heavy (non-hydrogen) atoms. The fraction of sp³-hybridized carbons (Fsp3) is 0.571. The Morgan fingerprint density at radius 1 is 1.30 bits per heavy atom. The van der Waals surface area contributed by atoms with Gasteiger partial charge in [0.15, 0.2) is 0 Å². The molecule has 1 aromatic rings. The van der Waals surface area contributed by atoms with E-state index in [1.54, 1.807) is 16.4 Å². The molecule has 2 bridgehead atoms. The molecule has 0 radical (unpaired) electrons. The summed E-state index contributed by atoms with van der Waals surface area (Å²) in [6, 6.07) is 7.59. The summed E-state index contributed by atoms with van der Waals surface area (Å²) in [5, 5.41) is 3.39. The molecule has 2 unspecified atom stereocenters. The minimum atomic E-state index is -3.38. The molecule has 0 saturated carbocycles. The zero-order valence-electron chi connectivity index (χ0n) is 11.9. The first kappa shape index (κ1) is 13.9. The number of piperidine rings is 2. The summed E-state index contributed by atoms with van der Waals surface area (Å²) in [5.41, 5.74) is 0.909. The van der Waals surface area contributed by atoms with E-state index < -0.39 is 10.0 Å². The minimum Gasteiger partial charge on any atom is -0.378 e. The van der Waals surface area contributed by atoms with Crippen LogP contribution in [0.25, 0.3) is 0 Å². The standard InChI is InChI=1S/C14H21N3O2S/c1-16(2)12-4-3-5-14(8-12)20(18,19)17-10-11-6-7-13(17)9-15-11/h3-5,8,11,13,15H,6-7,9-10H2,1-2H3. The molecular weight excluding hydrogens is 274 g/mol. The highest BCUT2D eigenvalue weighted by atomic mass is 32.2. The summed E-state index contributed by atoms with van der Waals surface area (Å²) < 4.78 is 27.4. The monoisotopic (exact) mass is 295 g/mol. The van der Waals surface area contributed by atoms with Crippen LogP contribution in [0, 0.1) is 0 Å². The van der Waals surface area contributed by atoms with Gasteiger partial charge in [0, 0.05) is 45.0 Å². The predicted molar refractivity (Wildman–Crippen MR) is 79.5 cm³/mol. The van der Waals surface area contributed by atoms with Crippen LogP contribution in [0.4, 0.5) is 5.69 Å². The molecule has 1 aromatic carbocycles. The number of rotatable bonds is 3. The van der Waals surface area contributed by atoms with Crippen LogP contribution < -0.4 is 10.2 Å². The molecule has 0 spiro atoms. The van der Waals surface area contributed by atoms with E-state index in [-0.39, 0.29) is 6.04 Å². The van der Waals surface area contributed by atoms with Crippen molar-refractivity contribution in [2.45, 2.75) is 29.8 Å². The van der Waals surface area contributed by atoms with E-state index >= 15 is 0 Å². The van der Waals surface area contributed by atoms with Crippen molar-refractivity contribution >= 4 is 15.7 Å².